The van der Waals surface area contributed by atoms with E-state index in [1.165, 1.54) is 0 Å². The molecule has 5 nitrogen and oxygen atoms in total. The minimum absolute atomic E-state index is 0.237. The zero-order valence-corrected chi connectivity index (χ0v) is 12.1. The number of benzene rings is 1. The number of nitrogen functional groups attached to an aromatic ring is 1. The second-order valence-electron chi connectivity index (χ2n) is 5.10. The van der Waals surface area contributed by atoms with Gasteiger partial charge in [-0.1, -0.05) is 12.1 Å². The molecule has 0 saturated heterocycles. The SMILES string of the molecule is CN(Cc1cccnc1)CC(O)COc1cccc(N)c1. The lowest BCUT2D eigenvalue weighted by Crippen LogP contribution is -2.32. The summed E-state index contributed by atoms with van der Waals surface area (Å²) < 4.78 is 5.53. The molecule has 2 aromatic rings. The molecule has 0 spiro atoms. The van der Waals surface area contributed by atoms with Crippen molar-refractivity contribution in [3.8, 4) is 5.75 Å². The van der Waals surface area contributed by atoms with Crippen LogP contribution >= 0.6 is 0 Å². The molecular weight excluding hydrogens is 266 g/mol. The molecular formula is C16H21N3O2. The number of nitrogens with zero attached hydrogens (tertiary/aromatic N) is 2. The summed E-state index contributed by atoms with van der Waals surface area (Å²) in [6.45, 7) is 1.50. The lowest BCUT2D eigenvalue weighted by atomic mass is 10.2. The summed E-state index contributed by atoms with van der Waals surface area (Å²) in [4.78, 5) is 6.11. The minimum atomic E-state index is -0.562. The molecule has 0 aliphatic heterocycles. The monoisotopic (exact) mass is 287 g/mol. The first-order valence-corrected chi connectivity index (χ1v) is 6.87. The highest BCUT2D eigenvalue weighted by Crippen LogP contribution is 2.14. The van der Waals surface area contributed by atoms with Crippen molar-refractivity contribution in [2.75, 3.05) is 25.9 Å². The number of nitrogens with two attached hydrogens (primary N) is 1. The molecule has 3 N–H and O–H groups in total. The number of anilines is 1. The fourth-order valence-electron chi connectivity index (χ4n) is 2.08. The third-order valence-corrected chi connectivity index (χ3v) is 3.00. The van der Waals surface area contributed by atoms with Crippen LogP contribution in [0.4, 0.5) is 5.69 Å². The van der Waals surface area contributed by atoms with Crippen molar-refractivity contribution in [2.45, 2.75) is 12.6 Å². The molecule has 0 fully saturated rings. The maximum atomic E-state index is 10.0. The molecule has 0 radical (unpaired) electrons. The van der Waals surface area contributed by atoms with Crippen molar-refractivity contribution < 1.29 is 9.84 Å². The van der Waals surface area contributed by atoms with Gasteiger partial charge in [0.1, 0.15) is 18.5 Å². The average Bonchev–Trinajstić information content (AvgIpc) is 2.46. The molecule has 0 saturated carbocycles. The van der Waals surface area contributed by atoms with Gasteiger partial charge >= 0.3 is 0 Å². The lowest BCUT2D eigenvalue weighted by Gasteiger charge is -2.20. The molecule has 112 valence electrons. The molecule has 1 heterocycles. The molecule has 1 aromatic carbocycles. The van der Waals surface area contributed by atoms with Gasteiger partial charge in [-0.2, -0.15) is 0 Å². The van der Waals surface area contributed by atoms with Crippen LogP contribution in [-0.4, -0.2) is 41.3 Å². The highest BCUT2D eigenvalue weighted by molar-refractivity contribution is 5.43. The lowest BCUT2D eigenvalue weighted by molar-refractivity contribution is 0.0744. The Morgan fingerprint density at radius 2 is 2.19 bits per heavy atom. The van der Waals surface area contributed by atoms with E-state index in [0.717, 1.165) is 12.1 Å². The van der Waals surface area contributed by atoms with Gasteiger partial charge in [0.25, 0.3) is 0 Å². The van der Waals surface area contributed by atoms with E-state index in [1.54, 1.807) is 18.3 Å². The molecule has 2 rings (SSSR count). The van der Waals surface area contributed by atoms with E-state index in [1.807, 2.05) is 42.4 Å². The van der Waals surface area contributed by atoms with Crippen LogP contribution in [0.3, 0.4) is 0 Å². The summed E-state index contributed by atoms with van der Waals surface area (Å²) in [5.74, 6) is 0.670. The molecule has 1 aromatic heterocycles. The van der Waals surface area contributed by atoms with Crippen molar-refractivity contribution in [2.24, 2.45) is 0 Å². The van der Waals surface area contributed by atoms with E-state index in [4.69, 9.17) is 10.5 Å². The van der Waals surface area contributed by atoms with E-state index >= 15 is 0 Å². The second kappa shape index (κ2) is 7.61. The largest absolute Gasteiger partial charge is 0.491 e. The maximum absolute atomic E-state index is 10.0. The standard InChI is InChI=1S/C16H21N3O2/c1-19(10-13-4-3-7-18-9-13)11-15(20)12-21-16-6-2-5-14(17)8-16/h2-9,15,20H,10-12,17H2,1H3. The number of ether oxygens (including phenoxy) is 1. The van der Waals surface area contributed by atoms with Crippen LogP contribution < -0.4 is 10.5 Å². The third-order valence-electron chi connectivity index (χ3n) is 3.00. The number of aliphatic hydroxyl groups is 1. The summed E-state index contributed by atoms with van der Waals surface area (Å²) in [7, 11) is 1.96. The van der Waals surface area contributed by atoms with Crippen molar-refractivity contribution in [1.29, 1.82) is 0 Å². The number of rotatable bonds is 7. The van der Waals surface area contributed by atoms with Gasteiger partial charge in [0.05, 0.1) is 0 Å². The number of hydrogen-bond acceptors (Lipinski definition) is 5. The van der Waals surface area contributed by atoms with E-state index in [2.05, 4.69) is 4.98 Å². The molecule has 0 amide bonds. The van der Waals surface area contributed by atoms with Gasteiger partial charge < -0.3 is 15.6 Å². The summed E-state index contributed by atoms with van der Waals surface area (Å²) in [5, 5.41) is 10.0. The number of likely N-dealkylation sites (N-methyl/N-ethyl adjacent to an activating group) is 1. The predicted molar refractivity (Wildman–Crippen MR) is 82.9 cm³/mol. The van der Waals surface area contributed by atoms with E-state index in [9.17, 15) is 5.11 Å². The molecule has 1 unspecified atom stereocenters. The molecule has 21 heavy (non-hydrogen) atoms. The van der Waals surface area contributed by atoms with Crippen molar-refractivity contribution in [1.82, 2.24) is 9.88 Å². The molecule has 0 bridgehead atoms. The zero-order valence-electron chi connectivity index (χ0n) is 12.1. The van der Waals surface area contributed by atoms with Crippen LogP contribution in [0.2, 0.25) is 0 Å². The van der Waals surface area contributed by atoms with Crippen LogP contribution in [0, 0.1) is 0 Å². The number of aromatic nitrogens is 1. The van der Waals surface area contributed by atoms with Crippen LogP contribution in [-0.2, 0) is 6.54 Å². The number of hydrogen-bond donors (Lipinski definition) is 2. The Morgan fingerprint density at radius 3 is 2.90 bits per heavy atom. The Bertz CT molecular complexity index is 548. The summed E-state index contributed by atoms with van der Waals surface area (Å²) in [5.41, 5.74) is 7.44. The van der Waals surface area contributed by atoms with Gasteiger partial charge in [-0.3, -0.25) is 9.88 Å². The topological polar surface area (TPSA) is 71.6 Å². The average molecular weight is 287 g/mol. The van der Waals surface area contributed by atoms with Gasteiger partial charge in [-0.25, -0.2) is 0 Å². The van der Waals surface area contributed by atoms with Crippen LogP contribution in [0.25, 0.3) is 0 Å². The van der Waals surface area contributed by atoms with Crippen molar-refractivity contribution >= 4 is 5.69 Å². The fourth-order valence-corrected chi connectivity index (χ4v) is 2.08. The normalized spacial score (nSPS) is 12.3. The third kappa shape index (κ3) is 5.41. The van der Waals surface area contributed by atoms with E-state index in [-0.39, 0.29) is 6.61 Å². The van der Waals surface area contributed by atoms with Crippen LogP contribution in [0.5, 0.6) is 5.75 Å². The minimum Gasteiger partial charge on any atom is -0.491 e. The second-order valence-corrected chi connectivity index (χ2v) is 5.10. The molecule has 1 atom stereocenters. The number of pyridine rings is 1. The van der Waals surface area contributed by atoms with Crippen molar-refractivity contribution in [3.63, 3.8) is 0 Å². The Balaban J connectivity index is 1.75. The highest BCUT2D eigenvalue weighted by atomic mass is 16.5. The molecule has 0 aliphatic rings. The Kier molecular flexibility index (Phi) is 5.54. The zero-order chi connectivity index (χ0) is 15.1. The van der Waals surface area contributed by atoms with Gasteiger partial charge in [-0.05, 0) is 30.8 Å². The predicted octanol–water partition coefficient (Wildman–Crippen LogP) is 1.54. The van der Waals surface area contributed by atoms with Crippen LogP contribution in [0.1, 0.15) is 5.56 Å². The summed E-state index contributed by atoms with van der Waals surface area (Å²) in [6, 6.07) is 11.1. The molecule has 5 heteroatoms. The Labute approximate surface area is 125 Å². The van der Waals surface area contributed by atoms with Gasteiger partial charge in [0.2, 0.25) is 0 Å². The fraction of sp³-hybridized carbons (Fsp3) is 0.312. The summed E-state index contributed by atoms with van der Waals surface area (Å²) >= 11 is 0. The van der Waals surface area contributed by atoms with Gasteiger partial charge in [0, 0.05) is 37.2 Å². The highest BCUT2D eigenvalue weighted by Gasteiger charge is 2.10. The first kappa shape index (κ1) is 15.3. The quantitative estimate of drug-likeness (QED) is 0.756. The summed E-state index contributed by atoms with van der Waals surface area (Å²) in [6.07, 6.45) is 3.01. The van der Waals surface area contributed by atoms with Crippen LogP contribution in [0.15, 0.2) is 48.8 Å². The Morgan fingerprint density at radius 1 is 1.33 bits per heavy atom. The van der Waals surface area contributed by atoms with E-state index in [0.29, 0.717) is 18.0 Å². The van der Waals surface area contributed by atoms with Gasteiger partial charge in [-0.15, -0.1) is 0 Å². The maximum Gasteiger partial charge on any atom is 0.121 e. The Hall–Kier alpha value is -2.11. The van der Waals surface area contributed by atoms with Gasteiger partial charge in [0.15, 0.2) is 0 Å². The number of aliphatic hydroxyl groups excluding tert-OH is 1. The van der Waals surface area contributed by atoms with Crippen molar-refractivity contribution in [3.05, 3.63) is 54.4 Å². The van der Waals surface area contributed by atoms with E-state index < -0.39 is 6.10 Å². The first-order valence-electron chi connectivity index (χ1n) is 6.87. The first-order chi connectivity index (χ1) is 10.1. The molecule has 0 aliphatic carbocycles. The smallest absolute Gasteiger partial charge is 0.121 e.